The molecule has 1 N–H and O–H groups in total. The second-order valence-corrected chi connectivity index (χ2v) is 3.48. The maximum Gasteiger partial charge on any atom is 0.137 e. The Hall–Kier alpha value is -1.61. The Morgan fingerprint density at radius 1 is 1.33 bits per heavy atom. The molecule has 2 nitrogen and oxygen atoms in total. The van der Waals surface area contributed by atoms with Crippen LogP contribution in [0.4, 0.5) is 4.39 Å². The van der Waals surface area contributed by atoms with E-state index in [1.165, 1.54) is 18.4 Å². The average molecular weight is 206 g/mol. The highest BCUT2D eigenvalue weighted by atomic mass is 19.1. The molecule has 0 saturated heterocycles. The smallest absolute Gasteiger partial charge is 0.137 e. The highest BCUT2D eigenvalue weighted by Gasteiger charge is 2.14. The third-order valence-electron chi connectivity index (χ3n) is 2.19. The van der Waals surface area contributed by atoms with E-state index < -0.39 is 6.10 Å². The number of aliphatic hydroxyl groups is 1. The Morgan fingerprint density at radius 3 is 2.73 bits per heavy atom. The summed E-state index contributed by atoms with van der Waals surface area (Å²) in [6, 6.07) is 7.80. The fourth-order valence-electron chi connectivity index (χ4n) is 1.53. The molecular formula is C12H11FO2. The Morgan fingerprint density at radius 2 is 2.13 bits per heavy atom. The van der Waals surface area contributed by atoms with Crippen LogP contribution in [-0.4, -0.2) is 5.11 Å². The third kappa shape index (κ3) is 2.07. The molecule has 0 saturated carbocycles. The summed E-state index contributed by atoms with van der Waals surface area (Å²) in [6.07, 6.45) is 0.569. The van der Waals surface area contributed by atoms with Crippen molar-refractivity contribution in [1.29, 1.82) is 0 Å². The van der Waals surface area contributed by atoms with Gasteiger partial charge >= 0.3 is 0 Å². The van der Waals surface area contributed by atoms with Crippen molar-refractivity contribution in [2.24, 2.45) is 0 Å². The molecule has 15 heavy (non-hydrogen) atoms. The van der Waals surface area contributed by atoms with Gasteiger partial charge in [-0.3, -0.25) is 0 Å². The predicted octanol–water partition coefficient (Wildman–Crippen LogP) is 2.81. The molecule has 0 fully saturated rings. The second kappa shape index (κ2) is 3.87. The summed E-state index contributed by atoms with van der Waals surface area (Å²) in [7, 11) is 0. The van der Waals surface area contributed by atoms with Crippen molar-refractivity contribution in [3.8, 4) is 0 Å². The van der Waals surface area contributed by atoms with Gasteiger partial charge in [-0.05, 0) is 42.3 Å². The lowest BCUT2D eigenvalue weighted by molar-refractivity contribution is 0.189. The Kier molecular flexibility index (Phi) is 2.56. The summed E-state index contributed by atoms with van der Waals surface area (Å²) >= 11 is 0. The zero-order valence-corrected chi connectivity index (χ0v) is 8.27. The van der Waals surface area contributed by atoms with Crippen LogP contribution in [-0.2, 0) is 0 Å². The van der Waals surface area contributed by atoms with Crippen LogP contribution in [0.2, 0.25) is 0 Å². The monoisotopic (exact) mass is 206 g/mol. The highest BCUT2D eigenvalue weighted by Crippen LogP contribution is 2.23. The SMILES string of the molecule is Cc1cc(F)cc(C(O)c2ccco2)c1. The van der Waals surface area contributed by atoms with Gasteiger partial charge in [0.05, 0.1) is 6.26 Å². The first-order chi connectivity index (χ1) is 7.16. The Bertz CT molecular complexity index is 428. The minimum Gasteiger partial charge on any atom is -0.466 e. The first-order valence-corrected chi connectivity index (χ1v) is 4.65. The summed E-state index contributed by atoms with van der Waals surface area (Å²) in [5.41, 5.74) is 1.28. The van der Waals surface area contributed by atoms with E-state index >= 15 is 0 Å². The molecule has 0 spiro atoms. The van der Waals surface area contributed by atoms with Crippen LogP contribution in [0.15, 0.2) is 41.0 Å². The first-order valence-electron chi connectivity index (χ1n) is 4.65. The quantitative estimate of drug-likeness (QED) is 0.819. The van der Waals surface area contributed by atoms with E-state index in [2.05, 4.69) is 0 Å². The topological polar surface area (TPSA) is 33.4 Å². The van der Waals surface area contributed by atoms with E-state index in [1.54, 1.807) is 25.1 Å². The van der Waals surface area contributed by atoms with Gasteiger partial charge in [-0.15, -0.1) is 0 Å². The first kappa shape index (κ1) is 9.93. The van der Waals surface area contributed by atoms with Crippen LogP contribution in [0.25, 0.3) is 0 Å². The summed E-state index contributed by atoms with van der Waals surface area (Å²) in [6.45, 7) is 1.78. The molecule has 0 aliphatic heterocycles. The number of hydrogen-bond donors (Lipinski definition) is 1. The lowest BCUT2D eigenvalue weighted by atomic mass is 10.0. The zero-order chi connectivity index (χ0) is 10.8. The van der Waals surface area contributed by atoms with E-state index in [1.807, 2.05) is 0 Å². The van der Waals surface area contributed by atoms with E-state index in [0.29, 0.717) is 11.3 Å². The molecule has 78 valence electrons. The van der Waals surface area contributed by atoms with Crippen LogP contribution < -0.4 is 0 Å². The van der Waals surface area contributed by atoms with E-state index in [4.69, 9.17) is 4.42 Å². The van der Waals surface area contributed by atoms with Crippen molar-refractivity contribution in [1.82, 2.24) is 0 Å². The van der Waals surface area contributed by atoms with E-state index in [9.17, 15) is 9.50 Å². The summed E-state index contributed by atoms with van der Waals surface area (Å²) in [5, 5.41) is 9.87. The lowest BCUT2D eigenvalue weighted by Crippen LogP contribution is -1.99. The van der Waals surface area contributed by atoms with Gasteiger partial charge in [-0.2, -0.15) is 0 Å². The predicted molar refractivity (Wildman–Crippen MR) is 53.9 cm³/mol. The summed E-state index contributed by atoms with van der Waals surface area (Å²) in [4.78, 5) is 0. The van der Waals surface area contributed by atoms with Crippen molar-refractivity contribution < 1.29 is 13.9 Å². The van der Waals surface area contributed by atoms with Crippen molar-refractivity contribution in [3.63, 3.8) is 0 Å². The Labute approximate surface area is 87.0 Å². The van der Waals surface area contributed by atoms with Gasteiger partial charge in [-0.25, -0.2) is 4.39 Å². The molecular weight excluding hydrogens is 195 g/mol. The zero-order valence-electron chi connectivity index (χ0n) is 8.27. The molecule has 1 unspecified atom stereocenters. The fourth-order valence-corrected chi connectivity index (χ4v) is 1.53. The number of furan rings is 1. The maximum atomic E-state index is 13.1. The van der Waals surface area contributed by atoms with Gasteiger partial charge in [0, 0.05) is 0 Å². The molecule has 0 aliphatic rings. The molecule has 3 heteroatoms. The summed E-state index contributed by atoms with van der Waals surface area (Å²) < 4.78 is 18.1. The second-order valence-electron chi connectivity index (χ2n) is 3.48. The normalized spacial score (nSPS) is 12.7. The van der Waals surface area contributed by atoms with Gasteiger partial charge in [0.25, 0.3) is 0 Å². The van der Waals surface area contributed by atoms with Gasteiger partial charge in [0.1, 0.15) is 17.7 Å². The van der Waals surface area contributed by atoms with Crippen molar-refractivity contribution in [2.45, 2.75) is 13.0 Å². The van der Waals surface area contributed by atoms with E-state index in [0.717, 1.165) is 5.56 Å². The van der Waals surface area contributed by atoms with Gasteiger partial charge in [0.15, 0.2) is 0 Å². The lowest BCUT2D eigenvalue weighted by Gasteiger charge is -2.09. The van der Waals surface area contributed by atoms with Crippen LogP contribution in [0, 0.1) is 12.7 Å². The molecule has 2 aromatic rings. The largest absolute Gasteiger partial charge is 0.466 e. The van der Waals surface area contributed by atoms with Crippen molar-refractivity contribution >= 4 is 0 Å². The molecule has 1 aromatic carbocycles. The van der Waals surface area contributed by atoms with Gasteiger partial charge < -0.3 is 9.52 Å². The minimum atomic E-state index is -0.908. The molecule has 1 atom stereocenters. The molecule has 1 aromatic heterocycles. The number of halogens is 1. The number of rotatable bonds is 2. The van der Waals surface area contributed by atoms with Crippen LogP contribution in [0.3, 0.4) is 0 Å². The highest BCUT2D eigenvalue weighted by molar-refractivity contribution is 5.29. The van der Waals surface area contributed by atoms with Gasteiger partial charge in [-0.1, -0.05) is 6.07 Å². The van der Waals surface area contributed by atoms with Gasteiger partial charge in [0.2, 0.25) is 0 Å². The molecule has 0 radical (unpaired) electrons. The molecule has 0 aliphatic carbocycles. The van der Waals surface area contributed by atoms with Crippen LogP contribution in [0.1, 0.15) is 23.0 Å². The maximum absolute atomic E-state index is 13.1. The number of aryl methyl sites for hydroxylation is 1. The van der Waals surface area contributed by atoms with Crippen molar-refractivity contribution in [2.75, 3.05) is 0 Å². The fraction of sp³-hybridized carbons (Fsp3) is 0.167. The van der Waals surface area contributed by atoms with Crippen molar-refractivity contribution in [3.05, 3.63) is 59.3 Å². The number of benzene rings is 1. The molecule has 0 amide bonds. The standard InChI is InChI=1S/C12H11FO2/c1-8-5-9(7-10(13)6-8)12(14)11-3-2-4-15-11/h2-7,12,14H,1H3. The van der Waals surface area contributed by atoms with Crippen LogP contribution >= 0.6 is 0 Å². The number of hydrogen-bond acceptors (Lipinski definition) is 2. The average Bonchev–Trinajstić information content (AvgIpc) is 2.67. The molecule has 0 bridgehead atoms. The number of aliphatic hydroxyl groups excluding tert-OH is 1. The third-order valence-corrected chi connectivity index (χ3v) is 2.19. The van der Waals surface area contributed by atoms with Crippen LogP contribution in [0.5, 0.6) is 0 Å². The molecule has 1 heterocycles. The Balaban J connectivity index is 2.37. The summed E-state index contributed by atoms with van der Waals surface area (Å²) in [5.74, 6) is 0.0654. The molecule has 2 rings (SSSR count). The van der Waals surface area contributed by atoms with E-state index in [-0.39, 0.29) is 5.82 Å². The minimum absolute atomic E-state index is 0.351.